The number of hydrogen-bond acceptors (Lipinski definition) is 5. The highest BCUT2D eigenvalue weighted by atomic mass is 19.1. The lowest BCUT2D eigenvalue weighted by atomic mass is 9.98. The number of hydrogen-bond donors (Lipinski definition) is 0. The van der Waals surface area contributed by atoms with E-state index in [9.17, 15) is 18.8 Å². The highest BCUT2D eigenvalue weighted by Gasteiger charge is 2.36. The van der Waals surface area contributed by atoms with E-state index in [0.29, 0.717) is 36.0 Å². The van der Waals surface area contributed by atoms with E-state index in [0.717, 1.165) is 38.8 Å². The van der Waals surface area contributed by atoms with Crippen LogP contribution >= 0.6 is 0 Å². The predicted octanol–water partition coefficient (Wildman–Crippen LogP) is 3.35. The number of nitrogens with zero attached hydrogens (tertiary/aromatic N) is 3. The van der Waals surface area contributed by atoms with Crippen molar-refractivity contribution in [3.63, 3.8) is 0 Å². The van der Waals surface area contributed by atoms with Crippen molar-refractivity contribution in [1.29, 1.82) is 0 Å². The molecule has 0 aliphatic carbocycles. The van der Waals surface area contributed by atoms with Gasteiger partial charge in [0.2, 0.25) is 5.91 Å². The number of fused-ring (bicyclic) bond motifs is 1. The first-order chi connectivity index (χ1) is 17.0. The van der Waals surface area contributed by atoms with E-state index in [4.69, 9.17) is 4.74 Å². The van der Waals surface area contributed by atoms with Crippen LogP contribution in [-0.2, 0) is 4.79 Å². The predicted molar refractivity (Wildman–Crippen MR) is 128 cm³/mol. The zero-order valence-corrected chi connectivity index (χ0v) is 19.7. The minimum Gasteiger partial charge on any atom is -0.487 e. The molecule has 2 aromatic carbocycles. The number of benzene rings is 2. The van der Waals surface area contributed by atoms with Crippen molar-refractivity contribution in [2.45, 2.75) is 44.2 Å². The lowest BCUT2D eigenvalue weighted by Crippen LogP contribution is -2.50. The number of para-hydroxylation sites is 1. The number of rotatable bonds is 6. The second kappa shape index (κ2) is 10.2. The maximum Gasteiger partial charge on any atom is 0.261 e. The Hall–Kier alpha value is -3.26. The number of ether oxygens (including phenoxy) is 1. The first-order valence-electron chi connectivity index (χ1n) is 12.4. The van der Waals surface area contributed by atoms with Crippen LogP contribution in [0.5, 0.6) is 5.75 Å². The molecule has 0 saturated carbocycles. The van der Waals surface area contributed by atoms with Gasteiger partial charge in [-0.1, -0.05) is 24.3 Å². The molecule has 8 heteroatoms. The molecule has 5 rings (SSSR count). The van der Waals surface area contributed by atoms with E-state index in [1.807, 2.05) is 4.90 Å². The lowest BCUT2D eigenvalue weighted by Gasteiger charge is -2.41. The van der Waals surface area contributed by atoms with Crippen molar-refractivity contribution in [2.24, 2.45) is 0 Å². The third-order valence-corrected chi connectivity index (χ3v) is 7.37. The molecule has 2 aromatic rings. The van der Waals surface area contributed by atoms with Crippen molar-refractivity contribution < 1.29 is 23.5 Å². The Morgan fingerprint density at radius 2 is 1.46 bits per heavy atom. The fourth-order valence-electron chi connectivity index (χ4n) is 5.37. The molecule has 0 radical (unpaired) electrons. The highest BCUT2D eigenvalue weighted by Crippen LogP contribution is 2.26. The topological polar surface area (TPSA) is 70.2 Å². The summed E-state index contributed by atoms with van der Waals surface area (Å²) in [5.74, 6) is -0.662. The zero-order chi connectivity index (χ0) is 24.4. The Kier molecular flexibility index (Phi) is 6.81. The number of piperidine rings is 2. The van der Waals surface area contributed by atoms with Crippen molar-refractivity contribution in [3.8, 4) is 5.75 Å². The number of imide groups is 1. The van der Waals surface area contributed by atoms with Crippen LogP contribution in [0.2, 0.25) is 0 Å². The molecule has 0 atom stereocenters. The summed E-state index contributed by atoms with van der Waals surface area (Å²) in [7, 11) is 0. The van der Waals surface area contributed by atoms with E-state index >= 15 is 0 Å². The Bertz CT molecular complexity index is 1070. The van der Waals surface area contributed by atoms with Gasteiger partial charge in [-0.15, -0.1) is 0 Å². The number of likely N-dealkylation sites (tertiary alicyclic amines) is 2. The van der Waals surface area contributed by atoms with Gasteiger partial charge in [0, 0.05) is 45.2 Å². The van der Waals surface area contributed by atoms with Gasteiger partial charge in [0.25, 0.3) is 11.8 Å². The van der Waals surface area contributed by atoms with Crippen LogP contribution in [-0.4, -0.2) is 77.3 Å². The molecule has 0 N–H and O–H groups in total. The average molecular weight is 480 g/mol. The molecule has 7 nitrogen and oxygen atoms in total. The summed E-state index contributed by atoms with van der Waals surface area (Å²) in [6, 6.07) is 13.7. The molecule has 2 fully saturated rings. The highest BCUT2D eigenvalue weighted by molar-refractivity contribution is 6.21. The van der Waals surface area contributed by atoms with E-state index in [1.165, 1.54) is 11.0 Å². The van der Waals surface area contributed by atoms with E-state index in [1.54, 1.807) is 42.5 Å². The first kappa shape index (κ1) is 23.5. The summed E-state index contributed by atoms with van der Waals surface area (Å²) in [4.78, 5) is 43.3. The van der Waals surface area contributed by atoms with E-state index < -0.39 is 0 Å². The van der Waals surface area contributed by atoms with Crippen LogP contribution in [0, 0.1) is 5.82 Å². The summed E-state index contributed by atoms with van der Waals surface area (Å²) in [6.45, 7) is 3.27. The van der Waals surface area contributed by atoms with Crippen molar-refractivity contribution in [1.82, 2.24) is 14.7 Å². The molecule has 3 aliphatic heterocycles. The van der Waals surface area contributed by atoms with Gasteiger partial charge < -0.3 is 9.64 Å². The maximum atomic E-state index is 13.9. The van der Waals surface area contributed by atoms with Gasteiger partial charge in [0.15, 0.2) is 11.6 Å². The van der Waals surface area contributed by atoms with Crippen LogP contribution in [0.3, 0.4) is 0 Å². The summed E-state index contributed by atoms with van der Waals surface area (Å²) >= 11 is 0. The smallest absolute Gasteiger partial charge is 0.261 e. The van der Waals surface area contributed by atoms with Gasteiger partial charge in [0.1, 0.15) is 6.10 Å². The first-order valence-corrected chi connectivity index (χ1v) is 12.4. The van der Waals surface area contributed by atoms with Gasteiger partial charge in [-0.3, -0.25) is 24.2 Å². The summed E-state index contributed by atoms with van der Waals surface area (Å²) < 4.78 is 19.7. The number of halogens is 1. The molecule has 3 heterocycles. The standard InChI is InChI=1S/C27H30FN3O4/c28-23-7-3-4-8-24(23)35-20-11-16-29(17-12-20)19-9-14-30(15-10-19)25(32)13-18-31-26(33)21-5-1-2-6-22(21)27(31)34/h1-8,19-20H,9-18H2. The maximum absolute atomic E-state index is 13.9. The minimum absolute atomic E-state index is 0.0167. The number of carbonyl (C=O) groups is 3. The molecule has 35 heavy (non-hydrogen) atoms. The minimum atomic E-state index is -0.324. The van der Waals surface area contributed by atoms with Crippen LogP contribution in [0.25, 0.3) is 0 Å². The molecule has 3 aliphatic rings. The Balaban J connectivity index is 1.05. The normalized spacial score (nSPS) is 19.8. The summed E-state index contributed by atoms with van der Waals surface area (Å²) in [6.07, 6.45) is 3.68. The van der Waals surface area contributed by atoms with Gasteiger partial charge in [-0.25, -0.2) is 4.39 Å². The Labute approximate surface area is 204 Å². The second-order valence-corrected chi connectivity index (χ2v) is 9.45. The summed E-state index contributed by atoms with van der Waals surface area (Å²) in [5.41, 5.74) is 0.822. The molecular weight excluding hydrogens is 449 g/mol. The fraction of sp³-hybridized carbons (Fsp3) is 0.444. The quantitative estimate of drug-likeness (QED) is 0.595. The molecule has 2 saturated heterocycles. The van der Waals surface area contributed by atoms with Crippen LogP contribution < -0.4 is 4.74 Å². The molecule has 184 valence electrons. The molecular formula is C27H30FN3O4. The third kappa shape index (κ3) is 4.93. The van der Waals surface area contributed by atoms with Crippen LogP contribution in [0.1, 0.15) is 52.8 Å². The molecule has 3 amide bonds. The number of amides is 3. The molecule has 0 aromatic heterocycles. The van der Waals surface area contributed by atoms with Gasteiger partial charge in [-0.2, -0.15) is 0 Å². The number of carbonyl (C=O) groups excluding carboxylic acids is 3. The lowest BCUT2D eigenvalue weighted by molar-refractivity contribution is -0.133. The average Bonchev–Trinajstić information content (AvgIpc) is 3.14. The SMILES string of the molecule is O=C(CCN1C(=O)c2ccccc2C1=O)N1CCC(N2CCC(Oc3ccccc3F)CC2)CC1. The Morgan fingerprint density at radius 3 is 2.09 bits per heavy atom. The van der Waals surface area contributed by atoms with Crippen LogP contribution in [0.15, 0.2) is 48.5 Å². The molecule has 0 bridgehead atoms. The van der Waals surface area contributed by atoms with Gasteiger partial charge >= 0.3 is 0 Å². The third-order valence-electron chi connectivity index (χ3n) is 7.37. The second-order valence-electron chi connectivity index (χ2n) is 9.45. The largest absolute Gasteiger partial charge is 0.487 e. The fourth-order valence-corrected chi connectivity index (χ4v) is 5.37. The van der Waals surface area contributed by atoms with Crippen molar-refractivity contribution >= 4 is 17.7 Å². The summed E-state index contributed by atoms with van der Waals surface area (Å²) in [5, 5.41) is 0. The van der Waals surface area contributed by atoms with Gasteiger partial charge in [-0.05, 0) is 49.9 Å². The molecule has 0 spiro atoms. The van der Waals surface area contributed by atoms with Crippen molar-refractivity contribution in [2.75, 3.05) is 32.7 Å². The van der Waals surface area contributed by atoms with Crippen molar-refractivity contribution in [3.05, 3.63) is 65.5 Å². The van der Waals surface area contributed by atoms with E-state index in [2.05, 4.69) is 4.90 Å². The van der Waals surface area contributed by atoms with Crippen LogP contribution in [0.4, 0.5) is 4.39 Å². The Morgan fingerprint density at radius 1 is 0.857 bits per heavy atom. The monoisotopic (exact) mass is 479 g/mol. The zero-order valence-electron chi connectivity index (χ0n) is 19.7. The molecule has 0 unspecified atom stereocenters. The van der Waals surface area contributed by atoms with E-state index in [-0.39, 0.29) is 42.6 Å². The van der Waals surface area contributed by atoms with Gasteiger partial charge in [0.05, 0.1) is 11.1 Å².